The van der Waals surface area contributed by atoms with Crippen molar-refractivity contribution in [3.63, 3.8) is 0 Å². The van der Waals surface area contributed by atoms with Gasteiger partial charge in [-0.15, -0.1) is 0 Å². The third kappa shape index (κ3) is 2.42. The monoisotopic (exact) mass is 182 g/mol. The SMILES string of the molecule is CCCN(C)c1cc[c]c(Cl)c1. The van der Waals surface area contributed by atoms with Crippen LogP contribution in [-0.4, -0.2) is 13.6 Å². The Balaban J connectivity index is 2.73. The van der Waals surface area contributed by atoms with E-state index in [1.54, 1.807) is 0 Å². The lowest BCUT2D eigenvalue weighted by Crippen LogP contribution is -2.17. The summed E-state index contributed by atoms with van der Waals surface area (Å²) in [6.45, 7) is 3.22. The summed E-state index contributed by atoms with van der Waals surface area (Å²) in [4.78, 5) is 2.18. The van der Waals surface area contributed by atoms with Crippen LogP contribution in [0.25, 0.3) is 0 Å². The van der Waals surface area contributed by atoms with E-state index in [9.17, 15) is 0 Å². The summed E-state index contributed by atoms with van der Waals surface area (Å²) in [6.07, 6.45) is 1.15. The topological polar surface area (TPSA) is 3.24 Å². The van der Waals surface area contributed by atoms with Gasteiger partial charge in [0.05, 0.1) is 5.02 Å². The Labute approximate surface area is 79.0 Å². The predicted octanol–water partition coefficient (Wildman–Crippen LogP) is 2.99. The van der Waals surface area contributed by atoms with E-state index in [4.69, 9.17) is 11.6 Å². The third-order valence-corrected chi connectivity index (χ3v) is 1.97. The van der Waals surface area contributed by atoms with Crippen molar-refractivity contribution in [2.45, 2.75) is 13.3 Å². The highest BCUT2D eigenvalue weighted by molar-refractivity contribution is 6.30. The van der Waals surface area contributed by atoms with Gasteiger partial charge in [-0.2, -0.15) is 0 Å². The number of hydrogen-bond acceptors (Lipinski definition) is 1. The molecule has 0 aliphatic carbocycles. The molecule has 0 N–H and O–H groups in total. The van der Waals surface area contributed by atoms with Crippen molar-refractivity contribution in [1.29, 1.82) is 0 Å². The first kappa shape index (κ1) is 9.40. The van der Waals surface area contributed by atoms with Gasteiger partial charge in [0.25, 0.3) is 0 Å². The van der Waals surface area contributed by atoms with Gasteiger partial charge in [0.15, 0.2) is 0 Å². The van der Waals surface area contributed by atoms with Crippen LogP contribution in [-0.2, 0) is 0 Å². The highest BCUT2D eigenvalue weighted by atomic mass is 35.5. The van der Waals surface area contributed by atoms with Gasteiger partial charge in [0.1, 0.15) is 0 Å². The Morgan fingerprint density at radius 1 is 1.58 bits per heavy atom. The van der Waals surface area contributed by atoms with Crippen LogP contribution < -0.4 is 4.90 Å². The molecule has 1 nitrogen and oxygen atoms in total. The zero-order chi connectivity index (χ0) is 8.97. The molecular formula is C10H13ClN. The largest absolute Gasteiger partial charge is 0.375 e. The first-order valence-corrected chi connectivity index (χ1v) is 4.50. The molecule has 0 spiro atoms. The molecule has 0 aliphatic rings. The molecule has 0 saturated heterocycles. The van der Waals surface area contributed by atoms with Crippen LogP contribution in [0.3, 0.4) is 0 Å². The first-order chi connectivity index (χ1) is 5.74. The van der Waals surface area contributed by atoms with Crippen molar-refractivity contribution in [3.05, 3.63) is 29.3 Å². The van der Waals surface area contributed by atoms with Gasteiger partial charge >= 0.3 is 0 Å². The van der Waals surface area contributed by atoms with Crippen molar-refractivity contribution in [2.24, 2.45) is 0 Å². The zero-order valence-corrected chi connectivity index (χ0v) is 8.23. The van der Waals surface area contributed by atoms with E-state index in [1.807, 2.05) is 18.2 Å². The molecule has 0 atom stereocenters. The summed E-state index contributed by atoms with van der Waals surface area (Å²) in [5.74, 6) is 0. The summed E-state index contributed by atoms with van der Waals surface area (Å²) >= 11 is 5.81. The van der Waals surface area contributed by atoms with E-state index in [2.05, 4.69) is 24.9 Å². The molecule has 2 heteroatoms. The average molecular weight is 183 g/mol. The van der Waals surface area contributed by atoms with Gasteiger partial charge in [-0.25, -0.2) is 0 Å². The molecule has 0 amide bonds. The third-order valence-electron chi connectivity index (χ3n) is 1.75. The molecular weight excluding hydrogens is 170 g/mol. The highest BCUT2D eigenvalue weighted by Gasteiger charge is 1.98. The molecule has 0 aliphatic heterocycles. The minimum Gasteiger partial charge on any atom is -0.375 e. The molecule has 1 aromatic rings. The normalized spacial score (nSPS) is 9.92. The van der Waals surface area contributed by atoms with Gasteiger partial charge in [-0.1, -0.05) is 24.6 Å². The van der Waals surface area contributed by atoms with E-state index in [0.29, 0.717) is 5.02 Å². The minimum atomic E-state index is 0.676. The second-order valence-corrected chi connectivity index (χ2v) is 3.22. The summed E-state index contributed by atoms with van der Waals surface area (Å²) in [6, 6.07) is 8.70. The Bertz CT molecular complexity index is 247. The number of nitrogens with zero attached hydrogens (tertiary/aromatic N) is 1. The Hall–Kier alpha value is -0.690. The molecule has 12 heavy (non-hydrogen) atoms. The number of anilines is 1. The summed E-state index contributed by atoms with van der Waals surface area (Å²) in [5.41, 5.74) is 1.15. The van der Waals surface area contributed by atoms with Crippen molar-refractivity contribution in [2.75, 3.05) is 18.5 Å². The molecule has 0 fully saturated rings. The molecule has 0 saturated carbocycles. The Morgan fingerprint density at radius 2 is 2.33 bits per heavy atom. The lowest BCUT2D eigenvalue weighted by atomic mass is 10.3. The van der Waals surface area contributed by atoms with Crippen LogP contribution in [0.4, 0.5) is 5.69 Å². The summed E-state index contributed by atoms with van der Waals surface area (Å²) in [5, 5.41) is 0.676. The fourth-order valence-corrected chi connectivity index (χ4v) is 1.30. The predicted molar refractivity (Wildman–Crippen MR) is 53.8 cm³/mol. The van der Waals surface area contributed by atoms with Gasteiger partial charge in [0.2, 0.25) is 0 Å². The minimum absolute atomic E-state index is 0.676. The van der Waals surface area contributed by atoms with Crippen LogP contribution in [0.5, 0.6) is 0 Å². The van der Waals surface area contributed by atoms with E-state index >= 15 is 0 Å². The second kappa shape index (κ2) is 4.36. The lowest BCUT2D eigenvalue weighted by Gasteiger charge is -2.17. The number of benzene rings is 1. The van der Waals surface area contributed by atoms with Crippen LogP contribution in [0.15, 0.2) is 18.2 Å². The van der Waals surface area contributed by atoms with Gasteiger partial charge in [-0.05, 0) is 18.6 Å². The maximum atomic E-state index is 5.81. The molecule has 0 unspecified atom stereocenters. The van der Waals surface area contributed by atoms with Crippen molar-refractivity contribution in [1.82, 2.24) is 0 Å². The fraction of sp³-hybridized carbons (Fsp3) is 0.400. The van der Waals surface area contributed by atoms with Crippen LogP contribution in [0.2, 0.25) is 5.02 Å². The van der Waals surface area contributed by atoms with Crippen LogP contribution in [0, 0.1) is 6.07 Å². The molecule has 1 aromatic carbocycles. The maximum absolute atomic E-state index is 5.81. The molecule has 0 aromatic heterocycles. The van der Waals surface area contributed by atoms with E-state index in [1.165, 1.54) is 0 Å². The van der Waals surface area contributed by atoms with E-state index < -0.39 is 0 Å². The van der Waals surface area contributed by atoms with Crippen molar-refractivity contribution < 1.29 is 0 Å². The van der Waals surface area contributed by atoms with E-state index in [0.717, 1.165) is 18.7 Å². The fourth-order valence-electron chi connectivity index (χ4n) is 1.13. The van der Waals surface area contributed by atoms with Gasteiger partial charge in [-0.3, -0.25) is 0 Å². The zero-order valence-electron chi connectivity index (χ0n) is 7.47. The number of hydrogen-bond donors (Lipinski definition) is 0. The van der Waals surface area contributed by atoms with Crippen LogP contribution >= 0.6 is 11.6 Å². The van der Waals surface area contributed by atoms with E-state index in [-0.39, 0.29) is 0 Å². The second-order valence-electron chi connectivity index (χ2n) is 2.82. The standard InChI is InChI=1S/C10H13ClN/c1-3-7-12(2)10-6-4-5-9(11)8-10/h4,6,8H,3,7H2,1-2H3. The number of halogens is 1. The molecule has 1 radical (unpaired) electrons. The average Bonchev–Trinajstić information content (AvgIpc) is 2.05. The van der Waals surface area contributed by atoms with Crippen molar-refractivity contribution in [3.8, 4) is 0 Å². The molecule has 0 heterocycles. The molecule has 65 valence electrons. The summed E-state index contributed by atoms with van der Waals surface area (Å²) < 4.78 is 0. The number of rotatable bonds is 3. The molecule has 0 bridgehead atoms. The first-order valence-electron chi connectivity index (χ1n) is 4.12. The Kier molecular flexibility index (Phi) is 3.42. The highest BCUT2D eigenvalue weighted by Crippen LogP contribution is 2.17. The quantitative estimate of drug-likeness (QED) is 0.695. The van der Waals surface area contributed by atoms with Crippen molar-refractivity contribution >= 4 is 17.3 Å². The lowest BCUT2D eigenvalue weighted by molar-refractivity contribution is 0.852. The Morgan fingerprint density at radius 3 is 2.92 bits per heavy atom. The smallest absolute Gasteiger partial charge is 0.0505 e. The van der Waals surface area contributed by atoms with Gasteiger partial charge in [0, 0.05) is 25.3 Å². The summed E-state index contributed by atoms with van der Waals surface area (Å²) in [7, 11) is 2.06. The molecule has 1 rings (SSSR count). The van der Waals surface area contributed by atoms with Crippen LogP contribution in [0.1, 0.15) is 13.3 Å². The maximum Gasteiger partial charge on any atom is 0.0505 e. The van der Waals surface area contributed by atoms with Gasteiger partial charge < -0.3 is 4.90 Å².